The third-order valence-corrected chi connectivity index (χ3v) is 5.31. The van der Waals surface area contributed by atoms with Crippen molar-refractivity contribution in [2.75, 3.05) is 13.1 Å². The van der Waals surface area contributed by atoms with Crippen LogP contribution < -0.4 is 0 Å². The van der Waals surface area contributed by atoms with Gasteiger partial charge in [0.05, 0.1) is 5.41 Å². The Morgan fingerprint density at radius 1 is 1.58 bits per heavy atom. The van der Waals surface area contributed by atoms with Crippen LogP contribution in [0.2, 0.25) is 0 Å². The highest BCUT2D eigenvalue weighted by atomic mass is 79.9. The molecular weight excluding hydrogens is 330 g/mol. The number of aliphatic carboxylic acids is 1. The molecule has 1 aliphatic heterocycles. The van der Waals surface area contributed by atoms with Gasteiger partial charge in [-0.1, -0.05) is 0 Å². The van der Waals surface area contributed by atoms with Gasteiger partial charge in [-0.3, -0.25) is 9.59 Å². The van der Waals surface area contributed by atoms with E-state index in [0.29, 0.717) is 25.9 Å². The third kappa shape index (κ3) is 3.36. The second kappa shape index (κ2) is 5.63. The molecule has 0 bridgehead atoms. The van der Waals surface area contributed by atoms with Gasteiger partial charge in [-0.2, -0.15) is 0 Å². The molecule has 4 nitrogen and oxygen atoms in total. The van der Waals surface area contributed by atoms with Crippen molar-refractivity contribution < 1.29 is 14.7 Å². The van der Waals surface area contributed by atoms with E-state index in [1.165, 1.54) is 4.88 Å². The molecule has 1 N–H and O–H groups in total. The molecule has 1 fully saturated rings. The summed E-state index contributed by atoms with van der Waals surface area (Å²) < 4.78 is 1.04. The summed E-state index contributed by atoms with van der Waals surface area (Å²) in [6.07, 6.45) is 1.71. The van der Waals surface area contributed by atoms with Crippen LogP contribution in [0.4, 0.5) is 0 Å². The zero-order valence-corrected chi connectivity index (χ0v) is 13.1. The van der Waals surface area contributed by atoms with E-state index in [0.717, 1.165) is 10.9 Å². The first-order chi connectivity index (χ1) is 8.90. The van der Waals surface area contributed by atoms with Crippen molar-refractivity contribution in [2.45, 2.75) is 26.2 Å². The van der Waals surface area contributed by atoms with E-state index in [4.69, 9.17) is 5.11 Å². The summed E-state index contributed by atoms with van der Waals surface area (Å²) in [5.74, 6) is -0.764. The second-order valence-electron chi connectivity index (χ2n) is 5.16. The van der Waals surface area contributed by atoms with Gasteiger partial charge in [0.2, 0.25) is 5.91 Å². The highest BCUT2D eigenvalue weighted by molar-refractivity contribution is 9.10. The van der Waals surface area contributed by atoms with Crippen molar-refractivity contribution in [3.8, 4) is 0 Å². The number of carbonyl (C=O) groups is 2. The molecule has 2 rings (SSSR count). The van der Waals surface area contributed by atoms with Gasteiger partial charge in [0.15, 0.2) is 0 Å². The molecule has 1 saturated heterocycles. The summed E-state index contributed by atoms with van der Waals surface area (Å²) >= 11 is 5.01. The van der Waals surface area contributed by atoms with Crippen molar-refractivity contribution in [3.63, 3.8) is 0 Å². The van der Waals surface area contributed by atoms with Crippen molar-refractivity contribution >= 4 is 39.1 Å². The number of carboxylic acid groups (broad SMARTS) is 1. The normalized spacial score (nSPS) is 22.7. The van der Waals surface area contributed by atoms with E-state index in [-0.39, 0.29) is 5.91 Å². The van der Waals surface area contributed by atoms with Crippen LogP contribution in [0, 0.1) is 5.41 Å². The summed E-state index contributed by atoms with van der Waals surface area (Å²) in [7, 11) is 0. The summed E-state index contributed by atoms with van der Waals surface area (Å²) in [5, 5.41) is 11.1. The minimum Gasteiger partial charge on any atom is -0.481 e. The van der Waals surface area contributed by atoms with Gasteiger partial charge in [0.25, 0.3) is 0 Å². The molecule has 1 aromatic heterocycles. The molecule has 104 valence electrons. The van der Waals surface area contributed by atoms with E-state index < -0.39 is 11.4 Å². The molecule has 0 saturated carbocycles. The lowest BCUT2D eigenvalue weighted by molar-refractivity contribution is -0.147. The van der Waals surface area contributed by atoms with Gasteiger partial charge in [-0.15, -0.1) is 11.3 Å². The molecular formula is C13H16BrNO3S. The Kier molecular flexibility index (Phi) is 4.30. The molecule has 0 aliphatic carbocycles. The number of aryl methyl sites for hydroxylation is 1. The summed E-state index contributed by atoms with van der Waals surface area (Å²) in [4.78, 5) is 26.0. The van der Waals surface area contributed by atoms with E-state index in [1.807, 2.05) is 11.4 Å². The molecule has 2 heterocycles. The molecule has 1 aromatic rings. The monoisotopic (exact) mass is 345 g/mol. The molecule has 0 spiro atoms. The number of halogens is 1. The Labute approximate surface area is 124 Å². The highest BCUT2D eigenvalue weighted by Crippen LogP contribution is 2.30. The van der Waals surface area contributed by atoms with Crippen molar-refractivity contribution in [1.29, 1.82) is 0 Å². The lowest BCUT2D eigenvalue weighted by atomic mass is 9.90. The van der Waals surface area contributed by atoms with Crippen LogP contribution in [-0.2, 0) is 16.0 Å². The zero-order chi connectivity index (χ0) is 14.0. The van der Waals surface area contributed by atoms with Crippen LogP contribution in [0.15, 0.2) is 15.9 Å². The molecule has 6 heteroatoms. The largest absolute Gasteiger partial charge is 0.481 e. The number of rotatable bonds is 4. The molecule has 0 aromatic carbocycles. The number of carboxylic acids is 1. The van der Waals surface area contributed by atoms with Crippen molar-refractivity contribution in [2.24, 2.45) is 5.41 Å². The molecule has 1 unspecified atom stereocenters. The fourth-order valence-electron chi connectivity index (χ4n) is 2.22. The Hall–Kier alpha value is -0.880. The Bertz CT molecular complexity index is 502. The number of thiophene rings is 1. The van der Waals surface area contributed by atoms with Crippen molar-refractivity contribution in [1.82, 2.24) is 4.90 Å². The average Bonchev–Trinajstić information content (AvgIpc) is 2.94. The van der Waals surface area contributed by atoms with Gasteiger partial charge < -0.3 is 10.0 Å². The number of nitrogens with zero attached hydrogens (tertiary/aromatic N) is 1. The summed E-state index contributed by atoms with van der Waals surface area (Å²) in [6, 6.07) is 2.02. The molecule has 1 atom stereocenters. The van der Waals surface area contributed by atoms with Crippen LogP contribution in [0.1, 0.15) is 24.6 Å². The van der Waals surface area contributed by atoms with E-state index in [2.05, 4.69) is 15.9 Å². The molecule has 1 aliphatic rings. The lowest BCUT2D eigenvalue weighted by Crippen LogP contribution is -2.34. The first-order valence-electron chi connectivity index (χ1n) is 6.15. The summed E-state index contributed by atoms with van der Waals surface area (Å²) in [5.41, 5.74) is -0.776. The molecule has 1 amide bonds. The Morgan fingerprint density at radius 3 is 2.84 bits per heavy atom. The minimum absolute atomic E-state index is 0.0505. The standard InChI is InChI=1S/C13H16BrNO3S/c1-13(12(17)18)4-5-15(8-13)11(16)3-2-10-6-9(14)7-19-10/h6-7H,2-5,8H2,1H3,(H,17,18). The van der Waals surface area contributed by atoms with E-state index in [9.17, 15) is 9.59 Å². The first kappa shape index (κ1) is 14.5. The first-order valence-corrected chi connectivity index (χ1v) is 7.82. The molecule has 0 radical (unpaired) electrons. The van der Waals surface area contributed by atoms with Crippen LogP contribution in [-0.4, -0.2) is 35.0 Å². The second-order valence-corrected chi connectivity index (χ2v) is 7.07. The summed E-state index contributed by atoms with van der Waals surface area (Å²) in [6.45, 7) is 2.59. The Balaban J connectivity index is 1.86. The van der Waals surface area contributed by atoms with Crippen LogP contribution >= 0.6 is 27.3 Å². The number of amides is 1. The maximum Gasteiger partial charge on any atom is 0.311 e. The predicted molar refractivity (Wildman–Crippen MR) is 77.3 cm³/mol. The number of hydrogen-bond acceptors (Lipinski definition) is 3. The van der Waals surface area contributed by atoms with Gasteiger partial charge >= 0.3 is 5.97 Å². The fraction of sp³-hybridized carbons (Fsp3) is 0.538. The van der Waals surface area contributed by atoms with Gasteiger partial charge in [0.1, 0.15) is 0 Å². The van der Waals surface area contributed by atoms with Gasteiger partial charge in [-0.25, -0.2) is 0 Å². The van der Waals surface area contributed by atoms with E-state index >= 15 is 0 Å². The quantitative estimate of drug-likeness (QED) is 0.912. The lowest BCUT2D eigenvalue weighted by Gasteiger charge is -2.20. The van der Waals surface area contributed by atoms with Gasteiger partial charge in [0, 0.05) is 34.2 Å². The van der Waals surface area contributed by atoms with E-state index in [1.54, 1.807) is 23.2 Å². The topological polar surface area (TPSA) is 57.6 Å². The SMILES string of the molecule is CC1(C(=O)O)CCN(C(=O)CCc2cc(Br)cs2)C1. The predicted octanol–water partition coefficient (Wildman–Crippen LogP) is 2.77. The number of likely N-dealkylation sites (tertiary alicyclic amines) is 1. The number of hydrogen-bond donors (Lipinski definition) is 1. The smallest absolute Gasteiger partial charge is 0.311 e. The van der Waals surface area contributed by atoms with Gasteiger partial charge in [-0.05, 0) is 41.8 Å². The Morgan fingerprint density at radius 2 is 2.32 bits per heavy atom. The van der Waals surface area contributed by atoms with Crippen LogP contribution in [0.25, 0.3) is 0 Å². The zero-order valence-electron chi connectivity index (χ0n) is 10.7. The third-order valence-electron chi connectivity index (χ3n) is 3.55. The highest BCUT2D eigenvalue weighted by Gasteiger charge is 2.41. The maximum absolute atomic E-state index is 12.1. The number of carbonyl (C=O) groups excluding carboxylic acids is 1. The van der Waals surface area contributed by atoms with Crippen LogP contribution in [0.3, 0.4) is 0 Å². The maximum atomic E-state index is 12.1. The fourth-order valence-corrected chi connectivity index (χ4v) is 3.68. The van der Waals surface area contributed by atoms with Crippen molar-refractivity contribution in [3.05, 3.63) is 20.8 Å². The average molecular weight is 346 g/mol. The molecule has 19 heavy (non-hydrogen) atoms. The minimum atomic E-state index is -0.815. The van der Waals surface area contributed by atoms with Crippen LogP contribution in [0.5, 0.6) is 0 Å².